The third-order valence-electron chi connectivity index (χ3n) is 1.61. The number of rotatable bonds is 0. The molecule has 2 aromatic rings. The first-order chi connectivity index (χ1) is 5.90. The van der Waals surface area contributed by atoms with Gasteiger partial charge in [-0.25, -0.2) is 4.98 Å². The number of nitrogens with two attached hydrogens (primary N) is 1. The van der Waals surface area contributed by atoms with E-state index >= 15 is 0 Å². The van der Waals surface area contributed by atoms with Crippen LogP contribution in [0.5, 0.6) is 0 Å². The zero-order chi connectivity index (χ0) is 8.39. The lowest BCUT2D eigenvalue weighted by Gasteiger charge is -1.96. The third kappa shape index (κ3) is 1.03. The van der Waals surface area contributed by atoms with Gasteiger partial charge in [-0.2, -0.15) is 5.10 Å². The molecule has 0 radical (unpaired) electrons. The van der Waals surface area contributed by atoms with Gasteiger partial charge in [0.05, 0.1) is 0 Å². The first-order valence-electron chi connectivity index (χ1n) is 3.58. The van der Waals surface area contributed by atoms with E-state index in [0.717, 1.165) is 5.65 Å². The van der Waals surface area contributed by atoms with Crippen molar-refractivity contribution in [1.82, 2.24) is 9.38 Å². The molecule has 0 saturated heterocycles. The van der Waals surface area contributed by atoms with Gasteiger partial charge in [0.15, 0.2) is 5.49 Å². The standard InChI is InChI=1S/C8H8N4/c9-11-7-4-6-12-5-2-1-3-8(12)10-7/h1-6H,9H2/b11-7-. The van der Waals surface area contributed by atoms with Crippen molar-refractivity contribution in [1.29, 1.82) is 0 Å². The minimum Gasteiger partial charge on any atom is -0.321 e. The van der Waals surface area contributed by atoms with Crippen LogP contribution in [0.25, 0.3) is 5.65 Å². The second kappa shape index (κ2) is 2.65. The van der Waals surface area contributed by atoms with Gasteiger partial charge in [-0.1, -0.05) is 6.07 Å². The molecule has 0 bridgehead atoms. The molecule has 0 saturated carbocycles. The van der Waals surface area contributed by atoms with Gasteiger partial charge in [0.2, 0.25) is 0 Å². The fraction of sp³-hybridized carbons (Fsp3) is 0. The molecule has 0 atom stereocenters. The Bertz CT molecular complexity index is 458. The van der Waals surface area contributed by atoms with Crippen LogP contribution in [0.15, 0.2) is 41.8 Å². The highest BCUT2D eigenvalue weighted by atomic mass is 15.1. The van der Waals surface area contributed by atoms with Gasteiger partial charge in [0, 0.05) is 18.5 Å². The average molecular weight is 160 g/mol. The molecule has 12 heavy (non-hydrogen) atoms. The van der Waals surface area contributed by atoms with E-state index in [9.17, 15) is 0 Å². The van der Waals surface area contributed by atoms with Crippen molar-refractivity contribution in [3.63, 3.8) is 0 Å². The third-order valence-corrected chi connectivity index (χ3v) is 1.61. The monoisotopic (exact) mass is 160 g/mol. The Kier molecular flexibility index (Phi) is 1.51. The maximum atomic E-state index is 5.09. The van der Waals surface area contributed by atoms with Gasteiger partial charge < -0.3 is 10.2 Å². The molecular weight excluding hydrogens is 152 g/mol. The normalized spacial score (nSPS) is 12.2. The van der Waals surface area contributed by atoms with Crippen LogP contribution < -0.4 is 11.3 Å². The fourth-order valence-electron chi connectivity index (χ4n) is 1.04. The predicted molar refractivity (Wildman–Crippen MR) is 44.9 cm³/mol. The Morgan fingerprint density at radius 2 is 2.17 bits per heavy atom. The summed E-state index contributed by atoms with van der Waals surface area (Å²) in [6, 6.07) is 7.51. The van der Waals surface area contributed by atoms with Gasteiger partial charge in [-0.05, 0) is 12.1 Å². The van der Waals surface area contributed by atoms with Crippen molar-refractivity contribution in [3.8, 4) is 0 Å². The molecule has 0 aliphatic carbocycles. The highest BCUT2D eigenvalue weighted by Gasteiger charge is 1.88. The summed E-state index contributed by atoms with van der Waals surface area (Å²) in [4.78, 5) is 4.16. The lowest BCUT2D eigenvalue weighted by molar-refractivity contribution is 1.00. The zero-order valence-corrected chi connectivity index (χ0v) is 6.38. The summed E-state index contributed by atoms with van der Waals surface area (Å²) < 4.78 is 1.90. The maximum absolute atomic E-state index is 5.09. The Balaban J connectivity index is 2.85. The number of fused-ring (bicyclic) bond motifs is 1. The molecule has 0 amide bonds. The summed E-state index contributed by atoms with van der Waals surface area (Å²) in [5.74, 6) is 5.09. The molecule has 4 nitrogen and oxygen atoms in total. The van der Waals surface area contributed by atoms with E-state index in [-0.39, 0.29) is 0 Å². The Morgan fingerprint density at radius 3 is 3.00 bits per heavy atom. The quantitative estimate of drug-likeness (QED) is 0.439. The van der Waals surface area contributed by atoms with Gasteiger partial charge >= 0.3 is 0 Å². The van der Waals surface area contributed by atoms with Crippen LogP contribution >= 0.6 is 0 Å². The molecule has 4 heteroatoms. The first kappa shape index (κ1) is 6.84. The van der Waals surface area contributed by atoms with Crippen LogP contribution in [0.3, 0.4) is 0 Å². The van der Waals surface area contributed by atoms with Crippen LogP contribution in [0.1, 0.15) is 0 Å². The second-order valence-corrected chi connectivity index (χ2v) is 2.38. The molecule has 0 aliphatic rings. The summed E-state index contributed by atoms with van der Waals surface area (Å²) in [5, 5.41) is 3.50. The number of pyridine rings is 1. The van der Waals surface area contributed by atoms with Gasteiger partial charge in [0.1, 0.15) is 5.65 Å². The van der Waals surface area contributed by atoms with Gasteiger partial charge in [0.25, 0.3) is 0 Å². The lowest BCUT2D eigenvalue weighted by Crippen LogP contribution is -2.11. The van der Waals surface area contributed by atoms with Crippen molar-refractivity contribution >= 4 is 5.65 Å². The van der Waals surface area contributed by atoms with Gasteiger partial charge in [-0.15, -0.1) is 0 Å². The maximum Gasteiger partial charge on any atom is 0.174 e. The van der Waals surface area contributed by atoms with Crippen molar-refractivity contribution in [3.05, 3.63) is 42.1 Å². The van der Waals surface area contributed by atoms with E-state index in [4.69, 9.17) is 5.84 Å². The summed E-state index contributed by atoms with van der Waals surface area (Å²) >= 11 is 0. The molecule has 0 unspecified atom stereocenters. The van der Waals surface area contributed by atoms with Gasteiger partial charge in [-0.3, -0.25) is 0 Å². The van der Waals surface area contributed by atoms with E-state index in [1.165, 1.54) is 0 Å². The van der Waals surface area contributed by atoms with Crippen LogP contribution in [0.2, 0.25) is 0 Å². The van der Waals surface area contributed by atoms with E-state index in [0.29, 0.717) is 5.49 Å². The lowest BCUT2D eigenvalue weighted by atomic mass is 10.4. The smallest absolute Gasteiger partial charge is 0.174 e. The van der Waals surface area contributed by atoms with E-state index in [1.54, 1.807) is 6.07 Å². The molecule has 60 valence electrons. The molecule has 2 heterocycles. The zero-order valence-electron chi connectivity index (χ0n) is 6.38. The molecule has 0 aliphatic heterocycles. The second-order valence-electron chi connectivity index (χ2n) is 2.38. The highest BCUT2D eigenvalue weighted by Crippen LogP contribution is 1.93. The minimum atomic E-state index is 0.543. The molecule has 2 rings (SSSR count). The minimum absolute atomic E-state index is 0.543. The summed E-state index contributed by atoms with van der Waals surface area (Å²) in [5.41, 5.74) is 1.38. The summed E-state index contributed by atoms with van der Waals surface area (Å²) in [7, 11) is 0. The highest BCUT2D eigenvalue weighted by molar-refractivity contribution is 5.35. The molecule has 0 aromatic carbocycles. The van der Waals surface area contributed by atoms with Crippen LogP contribution in [0, 0.1) is 0 Å². The number of hydrogen-bond donors (Lipinski definition) is 1. The summed E-state index contributed by atoms with van der Waals surface area (Å²) in [6.07, 6.45) is 3.79. The predicted octanol–water partition coefficient (Wildman–Crippen LogP) is 0.109. The fourth-order valence-corrected chi connectivity index (χ4v) is 1.04. The van der Waals surface area contributed by atoms with Crippen LogP contribution in [0.4, 0.5) is 0 Å². The molecule has 2 N–H and O–H groups in total. The Labute approximate surface area is 69.0 Å². The molecule has 0 spiro atoms. The number of hydrogen-bond acceptors (Lipinski definition) is 3. The average Bonchev–Trinajstić information content (AvgIpc) is 2.17. The van der Waals surface area contributed by atoms with Crippen LogP contribution in [-0.4, -0.2) is 9.38 Å². The van der Waals surface area contributed by atoms with E-state index in [2.05, 4.69) is 10.1 Å². The topological polar surface area (TPSA) is 55.7 Å². The SMILES string of the molecule is N/N=c1/ccn2ccccc2n1. The molecule has 2 aromatic heterocycles. The van der Waals surface area contributed by atoms with E-state index < -0.39 is 0 Å². The summed E-state index contributed by atoms with van der Waals surface area (Å²) in [6.45, 7) is 0. The van der Waals surface area contributed by atoms with Crippen molar-refractivity contribution in [2.45, 2.75) is 0 Å². The van der Waals surface area contributed by atoms with Crippen molar-refractivity contribution in [2.24, 2.45) is 10.9 Å². The molecular formula is C8H8N4. The van der Waals surface area contributed by atoms with Crippen molar-refractivity contribution < 1.29 is 0 Å². The Morgan fingerprint density at radius 1 is 1.25 bits per heavy atom. The first-order valence-corrected chi connectivity index (χ1v) is 3.58. The van der Waals surface area contributed by atoms with Crippen molar-refractivity contribution in [2.75, 3.05) is 0 Å². The largest absolute Gasteiger partial charge is 0.321 e. The van der Waals surface area contributed by atoms with E-state index in [1.807, 2.05) is 35.0 Å². The van der Waals surface area contributed by atoms with Crippen LogP contribution in [-0.2, 0) is 0 Å². The number of nitrogens with zero attached hydrogens (tertiary/aromatic N) is 3. The number of aromatic nitrogens is 2. The Hall–Kier alpha value is -1.84. The molecule has 0 fully saturated rings.